The average molecular weight is 623 g/mol. The molecule has 0 fully saturated rings. The maximum Gasteiger partial charge on any atom is 0.232 e. The number of hydrogen-bond donors (Lipinski definition) is 0. The topological polar surface area (TPSA) is 42.0 Å². The molecule has 2 aromatic heterocycles. The van der Waals surface area contributed by atoms with Crippen LogP contribution < -0.4 is 0 Å². The lowest BCUT2D eigenvalue weighted by atomic mass is 9.96. The molecular weight excluding hydrogens is 593 g/mol. The molecule has 0 bridgehead atoms. The molecule has 0 aliphatic carbocycles. The van der Waals surface area contributed by atoms with E-state index in [-0.39, 0.29) is 0 Å². The average Bonchev–Trinajstić information content (AvgIpc) is 3.69. The number of aromatic nitrogens is 1. The van der Waals surface area contributed by atoms with Crippen molar-refractivity contribution in [3.05, 3.63) is 157 Å². The Labute approximate surface area is 276 Å². The van der Waals surface area contributed by atoms with E-state index in [4.69, 9.17) is 9.98 Å². The van der Waals surface area contributed by atoms with Crippen LogP contribution in [-0.2, 0) is 6.54 Å². The van der Waals surface area contributed by atoms with Gasteiger partial charge in [-0.2, -0.15) is 4.99 Å². The fourth-order valence-electron chi connectivity index (χ4n) is 6.70. The van der Waals surface area contributed by atoms with E-state index in [2.05, 4.69) is 102 Å². The van der Waals surface area contributed by atoms with Crippen LogP contribution in [0.4, 0.5) is 0 Å². The molecule has 8 aromatic rings. The van der Waals surface area contributed by atoms with Gasteiger partial charge in [0.1, 0.15) is 0 Å². The summed E-state index contributed by atoms with van der Waals surface area (Å²) < 4.78 is 4.55. The number of aliphatic imine (C=N–C) groups is 3. The second-order valence-corrected chi connectivity index (χ2v) is 12.4. The molecule has 0 radical (unpaired) electrons. The summed E-state index contributed by atoms with van der Waals surface area (Å²) in [6.45, 7) is 12.9. The van der Waals surface area contributed by atoms with E-state index >= 15 is 0 Å². The fourth-order valence-corrected chi connectivity index (χ4v) is 7.97. The Hall–Kier alpha value is -5.91. The van der Waals surface area contributed by atoms with Gasteiger partial charge >= 0.3 is 0 Å². The number of benzene rings is 6. The van der Waals surface area contributed by atoms with Crippen molar-refractivity contribution in [2.24, 2.45) is 15.0 Å². The quantitative estimate of drug-likeness (QED) is 0.135. The van der Waals surface area contributed by atoms with E-state index in [0.717, 1.165) is 43.4 Å². The first-order chi connectivity index (χ1) is 23.2. The van der Waals surface area contributed by atoms with Gasteiger partial charge in [-0.25, -0.2) is 9.98 Å². The van der Waals surface area contributed by atoms with Crippen LogP contribution >= 0.6 is 11.3 Å². The van der Waals surface area contributed by atoms with Gasteiger partial charge in [0.05, 0.1) is 22.5 Å². The molecule has 0 saturated carbocycles. The lowest BCUT2D eigenvalue weighted by Gasteiger charge is -2.12. The van der Waals surface area contributed by atoms with Crippen molar-refractivity contribution < 1.29 is 0 Å². The summed E-state index contributed by atoms with van der Waals surface area (Å²) in [6, 6.07) is 41.9. The molecule has 0 aliphatic rings. The van der Waals surface area contributed by atoms with Gasteiger partial charge in [0.15, 0.2) is 5.84 Å². The molecular formula is C42H30N4S. The smallest absolute Gasteiger partial charge is 0.232 e. The number of rotatable bonds is 5. The third-order valence-electron chi connectivity index (χ3n) is 8.74. The van der Waals surface area contributed by atoms with Crippen molar-refractivity contribution in [2.75, 3.05) is 0 Å². The van der Waals surface area contributed by atoms with E-state index in [9.17, 15) is 0 Å². The van der Waals surface area contributed by atoms with Crippen LogP contribution in [-0.4, -0.2) is 23.1 Å². The minimum absolute atomic E-state index is 0.437. The fraction of sp³-hybridized carbons (Fsp3) is 0.0238. The molecule has 6 aromatic carbocycles. The zero-order valence-electron chi connectivity index (χ0n) is 25.7. The van der Waals surface area contributed by atoms with E-state index in [1.165, 1.54) is 31.6 Å². The first-order valence-corrected chi connectivity index (χ1v) is 16.3. The molecule has 0 N–H and O–H groups in total. The summed E-state index contributed by atoms with van der Waals surface area (Å²) in [4.78, 5) is 14.8. The Morgan fingerprint density at radius 3 is 2.04 bits per heavy atom. The second-order valence-electron chi connectivity index (χ2n) is 11.3. The number of thiophene rings is 1. The van der Waals surface area contributed by atoms with Gasteiger partial charge < -0.3 is 0 Å². The highest BCUT2D eigenvalue weighted by molar-refractivity contribution is 7.27. The molecule has 5 heteroatoms. The van der Waals surface area contributed by atoms with E-state index in [1.807, 2.05) is 60.7 Å². The Balaban J connectivity index is 1.57. The van der Waals surface area contributed by atoms with Gasteiger partial charge in [0, 0.05) is 32.0 Å². The van der Waals surface area contributed by atoms with Crippen LogP contribution in [0.5, 0.6) is 0 Å². The van der Waals surface area contributed by atoms with Crippen LogP contribution in [0.2, 0.25) is 0 Å². The number of fused-ring (bicyclic) bond motifs is 10. The van der Waals surface area contributed by atoms with Crippen molar-refractivity contribution in [3.63, 3.8) is 0 Å². The third-order valence-corrected chi connectivity index (χ3v) is 9.90. The summed E-state index contributed by atoms with van der Waals surface area (Å²) >= 11 is 1.80. The summed E-state index contributed by atoms with van der Waals surface area (Å²) in [5, 5.41) is 8.41. The van der Waals surface area contributed by atoms with Crippen molar-refractivity contribution >= 4 is 94.6 Å². The Bertz CT molecular complexity index is 2590. The number of hydrogen-bond acceptors (Lipinski definition) is 2. The van der Waals surface area contributed by atoms with Gasteiger partial charge in [0.25, 0.3) is 0 Å². The maximum absolute atomic E-state index is 5.20. The zero-order chi connectivity index (χ0) is 31.9. The van der Waals surface area contributed by atoms with Crippen LogP contribution in [0.3, 0.4) is 0 Å². The monoisotopic (exact) mass is 622 g/mol. The summed E-state index contributed by atoms with van der Waals surface area (Å²) in [5.41, 5.74) is 4.84. The van der Waals surface area contributed by atoms with Crippen LogP contribution in [0.25, 0.3) is 64.8 Å². The van der Waals surface area contributed by atoms with E-state index < -0.39 is 0 Å². The van der Waals surface area contributed by atoms with Gasteiger partial charge in [-0.1, -0.05) is 134 Å². The van der Waals surface area contributed by atoms with E-state index in [0.29, 0.717) is 18.3 Å². The Kier molecular flexibility index (Phi) is 7.16. The first-order valence-electron chi connectivity index (χ1n) is 15.5. The minimum Gasteiger partial charge on any atom is -0.277 e. The summed E-state index contributed by atoms with van der Waals surface area (Å²) in [6.07, 6.45) is 3.82. The van der Waals surface area contributed by atoms with Crippen LogP contribution in [0.1, 0.15) is 22.4 Å². The molecule has 0 atom stereocenters. The Morgan fingerprint density at radius 2 is 1.34 bits per heavy atom. The number of nitrogens with zero attached hydrogens (tertiary/aromatic N) is 4. The highest BCUT2D eigenvalue weighted by atomic mass is 32.1. The van der Waals surface area contributed by atoms with Gasteiger partial charge in [-0.15, -0.1) is 11.3 Å². The molecule has 2 heterocycles. The molecule has 47 heavy (non-hydrogen) atoms. The molecule has 0 amide bonds. The second kappa shape index (κ2) is 11.8. The minimum atomic E-state index is 0.437. The molecule has 0 unspecified atom stereocenters. The highest BCUT2D eigenvalue weighted by Gasteiger charge is 2.25. The van der Waals surface area contributed by atoms with Crippen molar-refractivity contribution in [3.8, 4) is 0 Å². The summed E-state index contributed by atoms with van der Waals surface area (Å²) in [7, 11) is 0. The largest absolute Gasteiger partial charge is 0.277 e. The third kappa shape index (κ3) is 4.63. The van der Waals surface area contributed by atoms with E-state index in [1.54, 1.807) is 11.3 Å². The maximum atomic E-state index is 5.20. The molecule has 8 rings (SSSR count). The predicted octanol–water partition coefficient (Wildman–Crippen LogP) is 11.2. The summed E-state index contributed by atoms with van der Waals surface area (Å²) in [5.74, 6) is 1.00. The molecule has 0 saturated heterocycles. The SMILES string of the molecule is C=Cc1c(C=C)n(C(=NCc2ccccc2)/N=C(\N=C)c2ccccc2)c2c3sc4ccc5ccccc5c4c3c3ccccc3c12. The molecule has 0 spiro atoms. The highest BCUT2D eigenvalue weighted by Crippen LogP contribution is 2.48. The van der Waals surface area contributed by atoms with Crippen molar-refractivity contribution in [1.82, 2.24) is 4.57 Å². The predicted molar refractivity (Wildman–Crippen MR) is 206 cm³/mol. The standard InChI is InChI=1S/C42H30N4S/c1-4-30-34(5-2)46(42(44-26-27-16-8-6-9-17-27)45-41(43-3)29-19-10-7-11-20-29)39-36(30)32-22-14-15-23-33(32)38-37-31-21-13-12-18-28(31)24-25-35(37)47-40(38)39/h4-25H,1-3,26H2/b44-42?,45-41-. The van der Waals surface area contributed by atoms with Crippen LogP contribution in [0, 0.1) is 0 Å². The van der Waals surface area contributed by atoms with Gasteiger partial charge in [-0.3, -0.25) is 4.57 Å². The van der Waals surface area contributed by atoms with Gasteiger partial charge in [-0.05, 0) is 46.0 Å². The lowest BCUT2D eigenvalue weighted by molar-refractivity contribution is 1.02. The molecule has 4 nitrogen and oxygen atoms in total. The van der Waals surface area contributed by atoms with Crippen molar-refractivity contribution in [1.29, 1.82) is 0 Å². The molecule has 0 aliphatic heterocycles. The van der Waals surface area contributed by atoms with Crippen molar-refractivity contribution in [2.45, 2.75) is 6.54 Å². The number of amidine groups is 1. The molecule has 224 valence electrons. The van der Waals surface area contributed by atoms with Crippen LogP contribution in [0.15, 0.2) is 149 Å². The first kappa shape index (κ1) is 28.6. The Morgan fingerprint density at radius 1 is 0.681 bits per heavy atom. The normalized spacial score (nSPS) is 12.4. The van der Waals surface area contributed by atoms with Gasteiger partial charge in [0.2, 0.25) is 5.96 Å². The lowest BCUT2D eigenvalue weighted by Crippen LogP contribution is -2.15. The zero-order valence-corrected chi connectivity index (χ0v) is 26.5.